The van der Waals surface area contributed by atoms with Crippen LogP contribution in [0.3, 0.4) is 0 Å². The van der Waals surface area contributed by atoms with E-state index in [1.165, 1.54) is 0 Å². The molecule has 4 rings (SSSR count). The zero-order valence-corrected chi connectivity index (χ0v) is 25.1. The zero-order valence-electron chi connectivity index (χ0n) is 25.1. The summed E-state index contributed by atoms with van der Waals surface area (Å²) in [5, 5.41) is 11.2. The summed E-state index contributed by atoms with van der Waals surface area (Å²) in [5.41, 5.74) is 1.10. The van der Waals surface area contributed by atoms with Gasteiger partial charge >= 0.3 is 6.09 Å². The molecule has 222 valence electrons. The quantitative estimate of drug-likeness (QED) is 0.393. The molecule has 0 spiro atoms. The standard InChI is InChI=1S/C31H48N4O5/c1-21(2)18-35(29(37)28-32-25-11-7-8-12-26(25)34(28)15-9-10-16-39-6)24-17-23(27(36)22-13-14-22)19-33(20-24)30(38)40-31(3,4)5/h7-8,11-12,21-24,27,36H,9-10,13-20H2,1-6H3/t23-,24+,27?/m1/s1. The number of aliphatic hydroxyl groups is 1. The van der Waals surface area contributed by atoms with E-state index in [2.05, 4.69) is 13.8 Å². The zero-order chi connectivity index (χ0) is 29.0. The van der Waals surface area contributed by atoms with Crippen LogP contribution < -0.4 is 0 Å². The number of aromatic nitrogens is 2. The molecule has 1 saturated carbocycles. The number of amides is 2. The molecule has 0 radical (unpaired) electrons. The summed E-state index contributed by atoms with van der Waals surface area (Å²) in [7, 11) is 1.70. The van der Waals surface area contributed by atoms with E-state index in [0.717, 1.165) is 36.7 Å². The van der Waals surface area contributed by atoms with Gasteiger partial charge in [-0.2, -0.15) is 0 Å². The molecule has 2 amide bonds. The Morgan fingerprint density at radius 1 is 1.12 bits per heavy atom. The number of imidazole rings is 1. The monoisotopic (exact) mass is 556 g/mol. The molecule has 40 heavy (non-hydrogen) atoms. The number of hydrogen-bond acceptors (Lipinski definition) is 6. The minimum Gasteiger partial charge on any atom is -0.444 e. The maximum absolute atomic E-state index is 14.4. The first-order valence-electron chi connectivity index (χ1n) is 14.9. The van der Waals surface area contributed by atoms with Crippen molar-refractivity contribution in [1.82, 2.24) is 19.4 Å². The van der Waals surface area contributed by atoms with Gasteiger partial charge in [0.1, 0.15) is 5.60 Å². The number of benzene rings is 1. The lowest BCUT2D eigenvalue weighted by Crippen LogP contribution is -2.57. The van der Waals surface area contributed by atoms with Gasteiger partial charge in [0.25, 0.3) is 5.91 Å². The van der Waals surface area contributed by atoms with E-state index in [1.54, 1.807) is 12.0 Å². The molecular formula is C31H48N4O5. The lowest BCUT2D eigenvalue weighted by molar-refractivity contribution is -0.0221. The second kappa shape index (κ2) is 12.9. The van der Waals surface area contributed by atoms with E-state index in [0.29, 0.717) is 45.0 Å². The number of unbranched alkanes of at least 4 members (excludes halogenated alkanes) is 1. The maximum Gasteiger partial charge on any atom is 0.410 e. The van der Waals surface area contributed by atoms with Crippen molar-refractivity contribution in [3.8, 4) is 0 Å². The number of fused-ring (bicyclic) bond motifs is 1. The summed E-state index contributed by atoms with van der Waals surface area (Å²) in [4.78, 5) is 36.1. The van der Waals surface area contributed by atoms with Crippen LogP contribution in [-0.2, 0) is 16.0 Å². The number of nitrogens with zero attached hydrogens (tertiary/aromatic N) is 4. The van der Waals surface area contributed by atoms with Gasteiger partial charge in [0.2, 0.25) is 0 Å². The highest BCUT2D eigenvalue weighted by molar-refractivity contribution is 5.95. The predicted octanol–water partition coefficient (Wildman–Crippen LogP) is 4.96. The van der Waals surface area contributed by atoms with Crippen molar-refractivity contribution in [1.29, 1.82) is 0 Å². The summed E-state index contributed by atoms with van der Waals surface area (Å²) in [6.45, 7) is 12.4. The number of hydrogen-bond donors (Lipinski definition) is 1. The van der Waals surface area contributed by atoms with Crippen LogP contribution in [0.4, 0.5) is 4.79 Å². The number of aliphatic hydroxyl groups excluding tert-OH is 1. The lowest BCUT2D eigenvalue weighted by Gasteiger charge is -2.44. The number of carbonyl (C=O) groups excluding carboxylic acids is 2. The predicted molar refractivity (Wildman–Crippen MR) is 155 cm³/mol. The van der Waals surface area contributed by atoms with Gasteiger partial charge in [-0.1, -0.05) is 26.0 Å². The molecule has 2 fully saturated rings. The van der Waals surface area contributed by atoms with E-state index in [-0.39, 0.29) is 29.7 Å². The minimum atomic E-state index is -0.629. The van der Waals surface area contributed by atoms with Crippen molar-refractivity contribution in [2.45, 2.75) is 91.0 Å². The molecule has 0 bridgehead atoms. The smallest absolute Gasteiger partial charge is 0.410 e. The van der Waals surface area contributed by atoms with Gasteiger partial charge in [-0.3, -0.25) is 4.79 Å². The van der Waals surface area contributed by atoms with Crippen LogP contribution in [0, 0.1) is 17.8 Å². The second-order valence-electron chi connectivity index (χ2n) is 13.0. The Bertz CT molecular complexity index is 1150. The van der Waals surface area contributed by atoms with E-state index in [4.69, 9.17) is 14.5 Å². The Kier molecular flexibility index (Phi) is 9.77. The van der Waals surface area contributed by atoms with E-state index in [1.807, 2.05) is 54.5 Å². The number of ether oxygens (including phenoxy) is 2. The molecule has 1 aliphatic carbocycles. The first kappa shape index (κ1) is 30.3. The lowest BCUT2D eigenvalue weighted by atomic mass is 9.86. The van der Waals surface area contributed by atoms with Gasteiger partial charge in [-0.15, -0.1) is 0 Å². The highest BCUT2D eigenvalue weighted by atomic mass is 16.6. The Morgan fingerprint density at radius 2 is 1.85 bits per heavy atom. The number of aryl methyl sites for hydroxylation is 1. The Balaban J connectivity index is 1.66. The van der Waals surface area contributed by atoms with Crippen LogP contribution in [0.5, 0.6) is 0 Å². The number of carbonyl (C=O) groups is 2. The van der Waals surface area contributed by atoms with Crippen LogP contribution in [-0.4, -0.2) is 87.6 Å². The average Bonchev–Trinajstić information content (AvgIpc) is 3.69. The van der Waals surface area contributed by atoms with Crippen molar-refractivity contribution in [3.05, 3.63) is 30.1 Å². The van der Waals surface area contributed by atoms with Crippen LogP contribution in [0.2, 0.25) is 0 Å². The molecule has 1 aromatic heterocycles. The second-order valence-corrected chi connectivity index (χ2v) is 13.0. The molecule has 2 aromatic rings. The van der Waals surface area contributed by atoms with Crippen molar-refractivity contribution in [2.75, 3.05) is 33.4 Å². The third-order valence-corrected chi connectivity index (χ3v) is 7.79. The molecule has 3 atom stereocenters. The largest absolute Gasteiger partial charge is 0.444 e. The fourth-order valence-electron chi connectivity index (χ4n) is 5.78. The Hall–Kier alpha value is -2.65. The Labute approximate surface area is 238 Å². The van der Waals surface area contributed by atoms with Crippen molar-refractivity contribution in [3.63, 3.8) is 0 Å². The van der Waals surface area contributed by atoms with Gasteiger partial charge in [0.05, 0.1) is 23.2 Å². The average molecular weight is 557 g/mol. The number of likely N-dealkylation sites (tertiary alicyclic amines) is 1. The summed E-state index contributed by atoms with van der Waals surface area (Å²) >= 11 is 0. The highest BCUT2D eigenvalue weighted by Gasteiger charge is 2.44. The summed E-state index contributed by atoms with van der Waals surface area (Å²) in [6.07, 6.45) is 3.53. The van der Waals surface area contributed by atoms with Gasteiger partial charge in [-0.25, -0.2) is 9.78 Å². The molecule has 9 nitrogen and oxygen atoms in total. The maximum atomic E-state index is 14.4. The minimum absolute atomic E-state index is 0.117. The normalized spacial score (nSPS) is 20.6. The first-order chi connectivity index (χ1) is 19.0. The van der Waals surface area contributed by atoms with Crippen molar-refractivity contribution < 1.29 is 24.2 Å². The van der Waals surface area contributed by atoms with Crippen molar-refractivity contribution in [2.24, 2.45) is 17.8 Å². The molecular weight excluding hydrogens is 508 g/mol. The van der Waals surface area contributed by atoms with Crippen LogP contribution in [0.25, 0.3) is 11.0 Å². The fourth-order valence-corrected chi connectivity index (χ4v) is 5.78. The fraction of sp³-hybridized carbons (Fsp3) is 0.710. The van der Waals surface area contributed by atoms with Crippen molar-refractivity contribution >= 4 is 23.0 Å². The van der Waals surface area contributed by atoms with Crippen LogP contribution in [0.15, 0.2) is 24.3 Å². The number of piperidine rings is 1. The molecule has 1 unspecified atom stereocenters. The third-order valence-electron chi connectivity index (χ3n) is 7.79. The summed E-state index contributed by atoms with van der Waals surface area (Å²) < 4.78 is 13.0. The molecule has 2 heterocycles. The number of methoxy groups -OCH3 is 1. The Morgan fingerprint density at radius 3 is 2.50 bits per heavy atom. The third kappa shape index (κ3) is 7.55. The molecule has 1 saturated heterocycles. The van der Waals surface area contributed by atoms with Crippen LogP contribution in [0.1, 0.15) is 77.3 Å². The molecule has 9 heteroatoms. The first-order valence-corrected chi connectivity index (χ1v) is 14.9. The van der Waals surface area contributed by atoms with E-state index < -0.39 is 17.8 Å². The molecule has 1 aliphatic heterocycles. The van der Waals surface area contributed by atoms with Gasteiger partial charge in [-0.05, 0) is 76.8 Å². The van der Waals surface area contributed by atoms with Gasteiger partial charge in [0, 0.05) is 45.8 Å². The van der Waals surface area contributed by atoms with Gasteiger partial charge in [0.15, 0.2) is 5.82 Å². The number of rotatable bonds is 11. The van der Waals surface area contributed by atoms with Gasteiger partial charge < -0.3 is 28.9 Å². The number of para-hydroxylation sites is 2. The molecule has 1 N–H and O–H groups in total. The SMILES string of the molecule is COCCCCn1c(C(=O)N(CC(C)C)[C@H]2C[C@@H](C(O)C3CC3)CN(C(=O)OC(C)(C)C)C2)nc2ccccc21. The highest BCUT2D eigenvalue weighted by Crippen LogP contribution is 2.39. The summed E-state index contributed by atoms with van der Waals surface area (Å²) in [6, 6.07) is 7.61. The van der Waals surface area contributed by atoms with E-state index >= 15 is 0 Å². The van der Waals surface area contributed by atoms with Crippen LogP contribution >= 0.6 is 0 Å². The van der Waals surface area contributed by atoms with E-state index in [9.17, 15) is 14.7 Å². The molecule has 1 aromatic carbocycles. The summed E-state index contributed by atoms with van der Waals surface area (Å²) in [5.74, 6) is 0.663. The topological polar surface area (TPSA) is 97.1 Å². The molecule has 2 aliphatic rings.